The summed E-state index contributed by atoms with van der Waals surface area (Å²) in [5.74, 6) is -0.294. The van der Waals surface area contributed by atoms with E-state index in [2.05, 4.69) is 19.2 Å². The Morgan fingerprint density at radius 1 is 1.31 bits per heavy atom. The molecule has 2 unspecified atom stereocenters. The summed E-state index contributed by atoms with van der Waals surface area (Å²) in [4.78, 5) is 10.7. The van der Waals surface area contributed by atoms with Crippen LogP contribution in [0.3, 0.4) is 0 Å². The molecule has 0 aliphatic rings. The smallest absolute Gasteiger partial charge is 0.325 e. The summed E-state index contributed by atoms with van der Waals surface area (Å²) in [5, 5.41) is 11.7. The van der Waals surface area contributed by atoms with Crippen molar-refractivity contribution >= 4 is 11.7 Å². The summed E-state index contributed by atoms with van der Waals surface area (Å²) in [6.45, 7) is 5.97. The van der Waals surface area contributed by atoms with Crippen LogP contribution in [0, 0.1) is 0 Å². The molecule has 1 rings (SSSR count). The van der Waals surface area contributed by atoms with E-state index in [9.17, 15) is 4.79 Å². The number of carboxylic acid groups (broad SMARTS) is 1. The molecule has 1 aromatic carbocycles. The van der Waals surface area contributed by atoms with Crippen LogP contribution >= 0.6 is 0 Å². The molecule has 3 nitrogen and oxygen atoms in total. The molecule has 0 bridgehead atoms. The molecular weight excluding hydrogens is 202 g/mol. The molecule has 88 valence electrons. The van der Waals surface area contributed by atoms with Gasteiger partial charge in [-0.25, -0.2) is 0 Å². The zero-order valence-corrected chi connectivity index (χ0v) is 10.0. The van der Waals surface area contributed by atoms with Gasteiger partial charge >= 0.3 is 5.97 Å². The number of carbonyl (C=O) groups is 1. The fourth-order valence-electron chi connectivity index (χ4n) is 1.46. The van der Waals surface area contributed by atoms with E-state index in [4.69, 9.17) is 5.11 Å². The van der Waals surface area contributed by atoms with Gasteiger partial charge in [0, 0.05) is 5.69 Å². The number of hydrogen-bond donors (Lipinski definition) is 2. The van der Waals surface area contributed by atoms with Crippen LogP contribution in [0.4, 0.5) is 5.69 Å². The number of benzene rings is 1. The highest BCUT2D eigenvalue weighted by atomic mass is 16.4. The minimum absolute atomic E-state index is 0.547. The molecule has 0 spiro atoms. The third-order valence-corrected chi connectivity index (χ3v) is 2.85. The molecular formula is C13H19NO2. The molecule has 0 saturated carbocycles. The van der Waals surface area contributed by atoms with Gasteiger partial charge in [-0.2, -0.15) is 0 Å². The highest BCUT2D eigenvalue weighted by molar-refractivity contribution is 5.76. The normalized spacial score (nSPS) is 14.2. The first-order valence-corrected chi connectivity index (χ1v) is 5.64. The predicted molar refractivity (Wildman–Crippen MR) is 65.9 cm³/mol. The lowest BCUT2D eigenvalue weighted by Gasteiger charge is -2.13. The van der Waals surface area contributed by atoms with Crippen molar-refractivity contribution in [1.29, 1.82) is 0 Å². The predicted octanol–water partition coefficient (Wildman–Crippen LogP) is 3.09. The molecule has 3 heteroatoms. The largest absolute Gasteiger partial charge is 0.480 e. The minimum Gasteiger partial charge on any atom is -0.480 e. The maximum absolute atomic E-state index is 10.7. The highest BCUT2D eigenvalue weighted by Crippen LogP contribution is 2.20. The molecule has 1 aromatic rings. The molecule has 0 heterocycles. The molecule has 0 fully saturated rings. The maximum atomic E-state index is 10.7. The van der Waals surface area contributed by atoms with Gasteiger partial charge in [-0.1, -0.05) is 26.0 Å². The molecule has 0 aliphatic carbocycles. The summed E-state index contributed by atoms with van der Waals surface area (Å²) in [6, 6.07) is 7.40. The van der Waals surface area contributed by atoms with E-state index in [-0.39, 0.29) is 0 Å². The van der Waals surface area contributed by atoms with Gasteiger partial charge in [-0.3, -0.25) is 4.79 Å². The van der Waals surface area contributed by atoms with E-state index >= 15 is 0 Å². The van der Waals surface area contributed by atoms with E-state index in [1.165, 1.54) is 5.56 Å². The van der Waals surface area contributed by atoms with Crippen molar-refractivity contribution in [2.24, 2.45) is 0 Å². The topological polar surface area (TPSA) is 49.3 Å². The first kappa shape index (κ1) is 12.6. The Hall–Kier alpha value is -1.51. The van der Waals surface area contributed by atoms with Gasteiger partial charge in [0.2, 0.25) is 0 Å². The van der Waals surface area contributed by atoms with Crippen LogP contribution < -0.4 is 5.32 Å². The van der Waals surface area contributed by atoms with Crippen LogP contribution in [0.5, 0.6) is 0 Å². The molecule has 0 radical (unpaired) electrons. The summed E-state index contributed by atoms with van der Waals surface area (Å²) in [7, 11) is 0. The van der Waals surface area contributed by atoms with Crippen LogP contribution in [0.25, 0.3) is 0 Å². The SMILES string of the molecule is CCC(C)c1ccc(NC(C)C(=O)O)cc1. The van der Waals surface area contributed by atoms with Crippen LogP contribution in [0.2, 0.25) is 0 Å². The number of carboxylic acids is 1. The third-order valence-electron chi connectivity index (χ3n) is 2.85. The summed E-state index contributed by atoms with van der Waals surface area (Å²) in [5.41, 5.74) is 2.14. The van der Waals surface area contributed by atoms with Gasteiger partial charge in [0.1, 0.15) is 6.04 Å². The summed E-state index contributed by atoms with van der Waals surface area (Å²) >= 11 is 0. The number of anilines is 1. The quantitative estimate of drug-likeness (QED) is 0.803. The van der Waals surface area contributed by atoms with Crippen LogP contribution in [-0.2, 0) is 4.79 Å². The molecule has 0 saturated heterocycles. The van der Waals surface area contributed by atoms with E-state index in [0.717, 1.165) is 12.1 Å². The molecule has 2 N–H and O–H groups in total. The molecule has 0 aliphatic heterocycles. The fourth-order valence-corrected chi connectivity index (χ4v) is 1.46. The first-order chi connectivity index (χ1) is 7.54. The lowest BCUT2D eigenvalue weighted by molar-refractivity contribution is -0.137. The van der Waals surface area contributed by atoms with Crippen molar-refractivity contribution in [2.75, 3.05) is 5.32 Å². The first-order valence-electron chi connectivity index (χ1n) is 5.64. The Morgan fingerprint density at radius 2 is 1.88 bits per heavy atom. The summed E-state index contributed by atoms with van der Waals surface area (Å²) in [6.07, 6.45) is 1.11. The van der Waals surface area contributed by atoms with Crippen LogP contribution in [0.15, 0.2) is 24.3 Å². The second-order valence-corrected chi connectivity index (χ2v) is 4.14. The monoisotopic (exact) mass is 221 g/mol. The highest BCUT2D eigenvalue weighted by Gasteiger charge is 2.10. The van der Waals surface area contributed by atoms with Crippen LogP contribution in [-0.4, -0.2) is 17.1 Å². The minimum atomic E-state index is -0.842. The number of aliphatic carboxylic acids is 1. The van der Waals surface area contributed by atoms with Gasteiger partial charge in [0.25, 0.3) is 0 Å². The number of hydrogen-bond acceptors (Lipinski definition) is 2. The molecule has 16 heavy (non-hydrogen) atoms. The van der Waals surface area contributed by atoms with Gasteiger partial charge in [-0.05, 0) is 37.0 Å². The lowest BCUT2D eigenvalue weighted by Crippen LogP contribution is -2.25. The standard InChI is InChI=1S/C13H19NO2/c1-4-9(2)11-5-7-12(8-6-11)14-10(3)13(15)16/h5-10,14H,4H2,1-3H3,(H,15,16). The lowest BCUT2D eigenvalue weighted by atomic mass is 9.98. The third kappa shape index (κ3) is 3.26. The van der Waals surface area contributed by atoms with E-state index in [1.54, 1.807) is 6.92 Å². The van der Waals surface area contributed by atoms with E-state index in [0.29, 0.717) is 5.92 Å². The van der Waals surface area contributed by atoms with Gasteiger partial charge in [0.15, 0.2) is 0 Å². The second-order valence-electron chi connectivity index (χ2n) is 4.14. The van der Waals surface area contributed by atoms with Crippen molar-refractivity contribution in [3.8, 4) is 0 Å². The van der Waals surface area contributed by atoms with E-state index in [1.807, 2.05) is 24.3 Å². The van der Waals surface area contributed by atoms with Gasteiger partial charge in [0.05, 0.1) is 0 Å². The zero-order chi connectivity index (χ0) is 12.1. The Balaban J connectivity index is 2.68. The van der Waals surface area contributed by atoms with Crippen molar-refractivity contribution in [3.63, 3.8) is 0 Å². The zero-order valence-electron chi connectivity index (χ0n) is 10.0. The molecule has 0 amide bonds. The average molecular weight is 221 g/mol. The van der Waals surface area contributed by atoms with Crippen molar-refractivity contribution in [3.05, 3.63) is 29.8 Å². The Labute approximate surface area is 96.5 Å². The van der Waals surface area contributed by atoms with Gasteiger partial charge < -0.3 is 10.4 Å². The van der Waals surface area contributed by atoms with Crippen molar-refractivity contribution < 1.29 is 9.90 Å². The molecule has 2 atom stereocenters. The van der Waals surface area contributed by atoms with Gasteiger partial charge in [-0.15, -0.1) is 0 Å². The van der Waals surface area contributed by atoms with Crippen molar-refractivity contribution in [1.82, 2.24) is 0 Å². The number of rotatable bonds is 5. The Bertz CT molecular complexity index is 345. The molecule has 0 aromatic heterocycles. The maximum Gasteiger partial charge on any atom is 0.325 e. The second kappa shape index (κ2) is 5.54. The van der Waals surface area contributed by atoms with Crippen LogP contribution in [0.1, 0.15) is 38.7 Å². The number of nitrogens with one attached hydrogen (secondary N) is 1. The Morgan fingerprint density at radius 3 is 2.31 bits per heavy atom. The Kier molecular flexibility index (Phi) is 4.35. The van der Waals surface area contributed by atoms with Crippen molar-refractivity contribution in [2.45, 2.75) is 39.2 Å². The average Bonchev–Trinajstić information content (AvgIpc) is 2.28. The summed E-state index contributed by atoms with van der Waals surface area (Å²) < 4.78 is 0. The van der Waals surface area contributed by atoms with E-state index < -0.39 is 12.0 Å². The fraction of sp³-hybridized carbons (Fsp3) is 0.462.